The number of aromatic nitrogens is 1. The van der Waals surface area contributed by atoms with Crippen LogP contribution in [0.25, 0.3) is 0 Å². The molecule has 0 saturated carbocycles. The second-order valence-corrected chi connectivity index (χ2v) is 5.53. The van der Waals surface area contributed by atoms with E-state index in [1.54, 1.807) is 0 Å². The van der Waals surface area contributed by atoms with Gasteiger partial charge in [-0.15, -0.1) is 0 Å². The normalized spacial score (nSPS) is 31.1. The van der Waals surface area contributed by atoms with Gasteiger partial charge in [0.2, 0.25) is 5.91 Å². The molecule has 3 rings (SSSR count). The summed E-state index contributed by atoms with van der Waals surface area (Å²) >= 11 is 0. The van der Waals surface area contributed by atoms with Gasteiger partial charge in [0.15, 0.2) is 5.76 Å². The lowest BCUT2D eigenvalue weighted by Gasteiger charge is -2.26. The predicted octanol–water partition coefficient (Wildman–Crippen LogP) is 2.07. The molecule has 0 bridgehead atoms. The number of amides is 1. The molecule has 0 aliphatic carbocycles. The van der Waals surface area contributed by atoms with Crippen LogP contribution in [0.3, 0.4) is 0 Å². The van der Waals surface area contributed by atoms with Crippen LogP contribution in [0.5, 0.6) is 0 Å². The van der Waals surface area contributed by atoms with E-state index >= 15 is 0 Å². The topological polar surface area (TPSA) is 55.6 Å². The van der Waals surface area contributed by atoms with E-state index in [0.29, 0.717) is 6.61 Å². The SMILES string of the molecule is Cc1cc(C2CCCN2C(=O)C2CCOC2C)on1. The maximum Gasteiger partial charge on any atom is 0.229 e. The van der Waals surface area contributed by atoms with Crippen LogP contribution in [0.4, 0.5) is 0 Å². The number of rotatable bonds is 2. The van der Waals surface area contributed by atoms with E-state index in [1.807, 2.05) is 24.8 Å². The third-order valence-corrected chi connectivity index (χ3v) is 4.20. The average Bonchev–Trinajstić information content (AvgIpc) is 3.07. The van der Waals surface area contributed by atoms with Crippen LogP contribution in [0.15, 0.2) is 10.6 Å². The Balaban J connectivity index is 1.77. The van der Waals surface area contributed by atoms with E-state index in [-0.39, 0.29) is 24.0 Å². The minimum absolute atomic E-state index is 0.00428. The number of carbonyl (C=O) groups is 1. The van der Waals surface area contributed by atoms with Gasteiger partial charge >= 0.3 is 0 Å². The maximum atomic E-state index is 12.6. The summed E-state index contributed by atoms with van der Waals surface area (Å²) in [6.07, 6.45) is 2.85. The van der Waals surface area contributed by atoms with Crippen molar-refractivity contribution in [1.82, 2.24) is 10.1 Å². The molecule has 2 aliphatic rings. The standard InChI is InChI=1S/C14H20N2O3/c1-9-8-13(19-15-9)12-4-3-6-16(12)14(17)11-5-7-18-10(11)2/h8,10-12H,3-7H2,1-2H3. The van der Waals surface area contributed by atoms with E-state index in [2.05, 4.69) is 5.16 Å². The Labute approximate surface area is 112 Å². The van der Waals surface area contributed by atoms with Crippen molar-refractivity contribution in [2.75, 3.05) is 13.2 Å². The third kappa shape index (κ3) is 2.27. The first-order valence-electron chi connectivity index (χ1n) is 7.02. The molecule has 2 saturated heterocycles. The zero-order chi connectivity index (χ0) is 13.4. The van der Waals surface area contributed by atoms with Crippen LogP contribution in [0.2, 0.25) is 0 Å². The number of hydrogen-bond acceptors (Lipinski definition) is 4. The second-order valence-electron chi connectivity index (χ2n) is 5.53. The maximum absolute atomic E-state index is 12.6. The van der Waals surface area contributed by atoms with Crippen molar-refractivity contribution in [2.45, 2.75) is 45.3 Å². The van der Waals surface area contributed by atoms with Gasteiger partial charge in [0.25, 0.3) is 0 Å². The summed E-state index contributed by atoms with van der Waals surface area (Å²) in [6, 6.07) is 1.99. The molecule has 0 spiro atoms. The third-order valence-electron chi connectivity index (χ3n) is 4.20. The molecule has 5 heteroatoms. The lowest BCUT2D eigenvalue weighted by molar-refractivity contribution is -0.138. The van der Waals surface area contributed by atoms with Crippen molar-refractivity contribution in [2.24, 2.45) is 5.92 Å². The molecule has 1 aromatic heterocycles. The Kier molecular flexibility index (Phi) is 3.31. The highest BCUT2D eigenvalue weighted by molar-refractivity contribution is 5.80. The summed E-state index contributed by atoms with van der Waals surface area (Å²) in [6.45, 7) is 5.39. The molecule has 2 fully saturated rings. The Morgan fingerprint density at radius 2 is 2.32 bits per heavy atom. The molecule has 3 heterocycles. The van der Waals surface area contributed by atoms with Gasteiger partial charge in [-0.3, -0.25) is 4.79 Å². The number of likely N-dealkylation sites (tertiary alicyclic amines) is 1. The highest BCUT2D eigenvalue weighted by Crippen LogP contribution is 2.35. The van der Waals surface area contributed by atoms with Crippen molar-refractivity contribution < 1.29 is 14.1 Å². The first-order chi connectivity index (χ1) is 9.16. The van der Waals surface area contributed by atoms with Gasteiger partial charge in [0.1, 0.15) is 0 Å². The van der Waals surface area contributed by atoms with Crippen molar-refractivity contribution in [3.8, 4) is 0 Å². The molecule has 104 valence electrons. The summed E-state index contributed by atoms with van der Waals surface area (Å²) < 4.78 is 10.9. The van der Waals surface area contributed by atoms with Gasteiger partial charge in [-0.25, -0.2) is 0 Å². The van der Waals surface area contributed by atoms with Crippen LogP contribution < -0.4 is 0 Å². The van der Waals surface area contributed by atoms with Gasteiger partial charge in [-0.05, 0) is 33.1 Å². The Morgan fingerprint density at radius 1 is 1.47 bits per heavy atom. The minimum Gasteiger partial charge on any atom is -0.378 e. The highest BCUT2D eigenvalue weighted by Gasteiger charge is 2.39. The fourth-order valence-corrected chi connectivity index (χ4v) is 3.14. The summed E-state index contributed by atoms with van der Waals surface area (Å²) in [7, 11) is 0. The van der Waals surface area contributed by atoms with Crippen LogP contribution in [-0.2, 0) is 9.53 Å². The average molecular weight is 264 g/mol. The molecule has 3 unspecified atom stereocenters. The number of nitrogens with zero attached hydrogens (tertiary/aromatic N) is 2. The quantitative estimate of drug-likeness (QED) is 0.820. The molecule has 0 aromatic carbocycles. The van der Waals surface area contributed by atoms with Crippen molar-refractivity contribution in [1.29, 1.82) is 0 Å². The van der Waals surface area contributed by atoms with Crippen molar-refractivity contribution in [3.05, 3.63) is 17.5 Å². The molecule has 0 N–H and O–H groups in total. The molecule has 1 amide bonds. The first kappa shape index (κ1) is 12.7. The molecule has 0 radical (unpaired) electrons. The number of hydrogen-bond donors (Lipinski definition) is 0. The van der Waals surface area contributed by atoms with E-state index in [1.165, 1.54) is 0 Å². The van der Waals surface area contributed by atoms with E-state index in [4.69, 9.17) is 9.26 Å². The number of ether oxygens (including phenoxy) is 1. The molecule has 2 aliphatic heterocycles. The summed E-state index contributed by atoms with van der Waals surface area (Å²) in [5.41, 5.74) is 0.867. The van der Waals surface area contributed by atoms with E-state index < -0.39 is 0 Å². The lowest BCUT2D eigenvalue weighted by atomic mass is 10.00. The molecule has 19 heavy (non-hydrogen) atoms. The van der Waals surface area contributed by atoms with Crippen LogP contribution >= 0.6 is 0 Å². The van der Waals surface area contributed by atoms with E-state index in [9.17, 15) is 4.79 Å². The summed E-state index contributed by atoms with van der Waals surface area (Å²) in [4.78, 5) is 14.6. The Morgan fingerprint density at radius 3 is 2.95 bits per heavy atom. The van der Waals surface area contributed by atoms with Crippen LogP contribution in [-0.4, -0.2) is 35.2 Å². The number of aryl methyl sites for hydroxylation is 1. The molecular formula is C14H20N2O3. The largest absolute Gasteiger partial charge is 0.378 e. The summed E-state index contributed by atoms with van der Waals surface area (Å²) in [5.74, 6) is 1.03. The van der Waals surface area contributed by atoms with Crippen molar-refractivity contribution >= 4 is 5.91 Å². The zero-order valence-corrected chi connectivity index (χ0v) is 11.5. The Bertz CT molecular complexity index is 471. The van der Waals surface area contributed by atoms with Gasteiger partial charge in [-0.1, -0.05) is 5.16 Å². The Hall–Kier alpha value is -1.36. The minimum atomic E-state index is 0.00428. The van der Waals surface area contributed by atoms with Gasteiger partial charge in [-0.2, -0.15) is 0 Å². The monoisotopic (exact) mass is 264 g/mol. The molecular weight excluding hydrogens is 244 g/mol. The fourth-order valence-electron chi connectivity index (χ4n) is 3.14. The summed E-state index contributed by atoms with van der Waals surface area (Å²) in [5, 5.41) is 3.93. The van der Waals surface area contributed by atoms with Gasteiger partial charge in [0, 0.05) is 19.2 Å². The second kappa shape index (κ2) is 4.96. The first-order valence-corrected chi connectivity index (χ1v) is 7.02. The van der Waals surface area contributed by atoms with Crippen LogP contribution in [0, 0.1) is 12.8 Å². The van der Waals surface area contributed by atoms with Gasteiger partial charge in [0.05, 0.1) is 23.8 Å². The highest BCUT2D eigenvalue weighted by atomic mass is 16.5. The lowest BCUT2D eigenvalue weighted by Crippen LogP contribution is -2.38. The molecule has 1 aromatic rings. The number of carbonyl (C=O) groups excluding carboxylic acids is 1. The molecule has 3 atom stereocenters. The van der Waals surface area contributed by atoms with Gasteiger partial charge < -0.3 is 14.2 Å². The van der Waals surface area contributed by atoms with Crippen LogP contribution in [0.1, 0.15) is 43.7 Å². The fraction of sp³-hybridized carbons (Fsp3) is 0.714. The molecule has 5 nitrogen and oxygen atoms in total. The zero-order valence-electron chi connectivity index (χ0n) is 11.5. The smallest absolute Gasteiger partial charge is 0.229 e. The van der Waals surface area contributed by atoms with Crippen molar-refractivity contribution in [3.63, 3.8) is 0 Å². The van der Waals surface area contributed by atoms with E-state index in [0.717, 1.165) is 37.3 Å². The predicted molar refractivity (Wildman–Crippen MR) is 68.4 cm³/mol.